The minimum atomic E-state index is -0.368. The molecule has 0 heterocycles. The molecule has 0 saturated heterocycles. The fraction of sp³-hybridized carbons (Fsp3) is 0.200. The van der Waals surface area contributed by atoms with Crippen LogP contribution in [0.4, 0.5) is 4.39 Å². The lowest BCUT2D eigenvalue weighted by Crippen LogP contribution is -1.96. The van der Waals surface area contributed by atoms with Gasteiger partial charge in [-0.25, -0.2) is 4.39 Å². The highest BCUT2D eigenvalue weighted by atomic mass is 19.1. The van der Waals surface area contributed by atoms with Crippen LogP contribution < -0.4 is 4.74 Å². The van der Waals surface area contributed by atoms with E-state index in [2.05, 4.69) is 13.2 Å². The molecular formula is C15H17FO. The lowest BCUT2D eigenvalue weighted by molar-refractivity contribution is 0.411. The quantitative estimate of drug-likeness (QED) is 0.533. The Balaban J connectivity index is 2.96. The molecule has 0 atom stereocenters. The molecule has 0 saturated carbocycles. The summed E-state index contributed by atoms with van der Waals surface area (Å²) in [5, 5.41) is 0. The third-order valence-corrected chi connectivity index (χ3v) is 2.33. The molecule has 0 aliphatic rings. The lowest BCUT2D eigenvalue weighted by Gasteiger charge is -2.10. The molecule has 0 spiro atoms. The third-order valence-electron chi connectivity index (χ3n) is 2.33. The summed E-state index contributed by atoms with van der Waals surface area (Å²) in [6.45, 7) is 11.2. The Morgan fingerprint density at radius 1 is 1.35 bits per heavy atom. The Bertz CT molecular complexity index is 444. The monoisotopic (exact) mass is 232 g/mol. The predicted molar refractivity (Wildman–Crippen MR) is 69.6 cm³/mol. The molecule has 1 rings (SSSR count). The van der Waals surface area contributed by atoms with Gasteiger partial charge in [-0.2, -0.15) is 0 Å². The molecule has 0 radical (unpaired) electrons. The fourth-order valence-electron chi connectivity index (χ4n) is 1.35. The maximum Gasteiger partial charge on any atom is 0.166 e. The summed E-state index contributed by atoms with van der Waals surface area (Å²) in [7, 11) is 0. The lowest BCUT2D eigenvalue weighted by atomic mass is 10.0. The number of hydrogen-bond donors (Lipinski definition) is 0. The van der Waals surface area contributed by atoms with Gasteiger partial charge >= 0.3 is 0 Å². The molecule has 0 amide bonds. The Labute approximate surface area is 102 Å². The molecular weight excluding hydrogens is 215 g/mol. The van der Waals surface area contributed by atoms with Crippen LogP contribution in [0.5, 0.6) is 5.75 Å². The maximum absolute atomic E-state index is 13.7. The number of ether oxygens (including phenoxy) is 1. The highest BCUT2D eigenvalue weighted by Crippen LogP contribution is 2.24. The average molecular weight is 232 g/mol. The molecule has 0 bridgehead atoms. The molecule has 2 heteroatoms. The van der Waals surface area contributed by atoms with Crippen molar-refractivity contribution in [2.45, 2.75) is 19.8 Å². The van der Waals surface area contributed by atoms with Crippen molar-refractivity contribution >= 4 is 0 Å². The van der Waals surface area contributed by atoms with Crippen molar-refractivity contribution < 1.29 is 9.13 Å². The van der Waals surface area contributed by atoms with E-state index >= 15 is 0 Å². The van der Waals surface area contributed by atoms with Gasteiger partial charge in [0, 0.05) is 0 Å². The minimum Gasteiger partial charge on any atom is -0.454 e. The van der Waals surface area contributed by atoms with E-state index in [1.807, 2.05) is 19.9 Å². The number of halogens is 1. The molecule has 0 N–H and O–H groups in total. The highest BCUT2D eigenvalue weighted by molar-refractivity contribution is 5.33. The van der Waals surface area contributed by atoms with Gasteiger partial charge in [-0.15, -0.1) is 0 Å². The van der Waals surface area contributed by atoms with Gasteiger partial charge in [-0.3, -0.25) is 0 Å². The number of hydrogen-bond acceptors (Lipinski definition) is 1. The smallest absolute Gasteiger partial charge is 0.166 e. The number of allylic oxidation sites excluding steroid dienone is 3. The van der Waals surface area contributed by atoms with Crippen LogP contribution in [0.3, 0.4) is 0 Å². The van der Waals surface area contributed by atoms with Crippen molar-refractivity contribution in [1.82, 2.24) is 0 Å². The zero-order chi connectivity index (χ0) is 12.8. The van der Waals surface area contributed by atoms with Gasteiger partial charge in [0.1, 0.15) is 5.76 Å². The second kappa shape index (κ2) is 6.04. The van der Waals surface area contributed by atoms with Crippen LogP contribution in [-0.2, 0) is 0 Å². The maximum atomic E-state index is 13.7. The molecule has 17 heavy (non-hydrogen) atoms. The summed E-state index contributed by atoms with van der Waals surface area (Å²) in [5.41, 5.74) is 0.947. The SMILES string of the molecule is C=C/C=C(\C=C)Oc1ccc(C(C)C)cc1F. The summed E-state index contributed by atoms with van der Waals surface area (Å²) in [4.78, 5) is 0. The Morgan fingerprint density at radius 2 is 2.06 bits per heavy atom. The molecule has 1 aromatic rings. The first kappa shape index (κ1) is 13.2. The molecule has 0 aliphatic heterocycles. The standard InChI is InChI=1S/C15H17FO/c1-5-7-13(6-2)17-15-9-8-12(11(3)4)10-14(15)16/h5-11H,1-2H2,3-4H3/b13-7+. The van der Waals surface area contributed by atoms with Gasteiger partial charge in [0.2, 0.25) is 0 Å². The molecule has 1 nitrogen and oxygen atoms in total. The minimum absolute atomic E-state index is 0.197. The van der Waals surface area contributed by atoms with Crippen LogP contribution in [0, 0.1) is 5.82 Å². The first-order valence-electron chi connectivity index (χ1n) is 5.51. The summed E-state index contributed by atoms with van der Waals surface area (Å²) < 4.78 is 19.1. The summed E-state index contributed by atoms with van der Waals surface area (Å²) in [5.74, 6) is 0.591. The van der Waals surface area contributed by atoms with Gasteiger partial charge < -0.3 is 4.74 Å². The van der Waals surface area contributed by atoms with Crippen molar-refractivity contribution in [1.29, 1.82) is 0 Å². The zero-order valence-corrected chi connectivity index (χ0v) is 10.2. The summed E-state index contributed by atoms with van der Waals surface area (Å²) >= 11 is 0. The molecule has 0 aromatic heterocycles. The van der Waals surface area contributed by atoms with Gasteiger partial charge in [0.05, 0.1) is 0 Å². The first-order chi connectivity index (χ1) is 8.08. The topological polar surface area (TPSA) is 9.23 Å². The average Bonchev–Trinajstić information content (AvgIpc) is 2.30. The largest absolute Gasteiger partial charge is 0.454 e. The van der Waals surface area contributed by atoms with Crippen LogP contribution in [-0.4, -0.2) is 0 Å². The van der Waals surface area contributed by atoms with E-state index in [-0.39, 0.29) is 11.6 Å². The van der Waals surface area contributed by atoms with Crippen LogP contribution >= 0.6 is 0 Å². The number of benzene rings is 1. The highest BCUT2D eigenvalue weighted by Gasteiger charge is 2.07. The molecule has 1 aromatic carbocycles. The van der Waals surface area contributed by atoms with Crippen LogP contribution in [0.25, 0.3) is 0 Å². The first-order valence-corrected chi connectivity index (χ1v) is 5.51. The third kappa shape index (κ3) is 3.59. The Kier molecular flexibility index (Phi) is 4.70. The normalized spacial score (nSPS) is 11.4. The summed E-state index contributed by atoms with van der Waals surface area (Å²) in [6, 6.07) is 4.98. The van der Waals surface area contributed by atoms with Crippen molar-refractivity contribution in [3.63, 3.8) is 0 Å². The number of rotatable bonds is 5. The van der Waals surface area contributed by atoms with E-state index in [0.29, 0.717) is 11.7 Å². The van der Waals surface area contributed by atoms with Crippen LogP contribution in [0.1, 0.15) is 25.3 Å². The molecule has 0 unspecified atom stereocenters. The van der Waals surface area contributed by atoms with E-state index in [1.54, 1.807) is 18.2 Å². The second-order valence-corrected chi connectivity index (χ2v) is 3.96. The molecule has 0 aliphatic carbocycles. The van der Waals surface area contributed by atoms with Crippen LogP contribution in [0.2, 0.25) is 0 Å². The van der Waals surface area contributed by atoms with Crippen molar-refractivity contribution in [3.8, 4) is 5.75 Å². The van der Waals surface area contributed by atoms with Crippen molar-refractivity contribution in [2.75, 3.05) is 0 Å². The summed E-state index contributed by atoms with van der Waals surface area (Å²) in [6.07, 6.45) is 4.71. The van der Waals surface area contributed by atoms with Gasteiger partial charge in [-0.1, -0.05) is 39.1 Å². The Morgan fingerprint density at radius 3 is 2.53 bits per heavy atom. The van der Waals surface area contributed by atoms with Crippen LogP contribution in [0.15, 0.2) is 55.3 Å². The zero-order valence-electron chi connectivity index (χ0n) is 10.2. The van der Waals surface area contributed by atoms with Gasteiger partial charge in [0.15, 0.2) is 11.6 Å². The molecule has 90 valence electrons. The Hall–Kier alpha value is -1.83. The van der Waals surface area contributed by atoms with Crippen molar-refractivity contribution in [2.24, 2.45) is 0 Å². The van der Waals surface area contributed by atoms with E-state index in [1.165, 1.54) is 12.1 Å². The van der Waals surface area contributed by atoms with Crippen molar-refractivity contribution in [3.05, 3.63) is 66.7 Å². The predicted octanol–water partition coefficient (Wildman–Crippen LogP) is 4.58. The van der Waals surface area contributed by atoms with E-state index in [9.17, 15) is 4.39 Å². The van der Waals surface area contributed by atoms with Gasteiger partial charge in [-0.05, 0) is 35.8 Å². The fourth-order valence-corrected chi connectivity index (χ4v) is 1.35. The van der Waals surface area contributed by atoms with E-state index < -0.39 is 0 Å². The van der Waals surface area contributed by atoms with E-state index in [0.717, 1.165) is 5.56 Å². The van der Waals surface area contributed by atoms with Gasteiger partial charge in [0.25, 0.3) is 0 Å². The second-order valence-electron chi connectivity index (χ2n) is 3.96. The molecule has 0 fully saturated rings. The van der Waals surface area contributed by atoms with E-state index in [4.69, 9.17) is 4.74 Å².